The van der Waals surface area contributed by atoms with Crippen LogP contribution in [-0.2, 0) is 4.79 Å². The molecule has 0 aliphatic rings. The Morgan fingerprint density at radius 2 is 2.16 bits per heavy atom. The van der Waals surface area contributed by atoms with Gasteiger partial charge in [0.05, 0.1) is 15.4 Å². The van der Waals surface area contributed by atoms with Gasteiger partial charge in [-0.25, -0.2) is 0 Å². The van der Waals surface area contributed by atoms with Crippen LogP contribution in [0.3, 0.4) is 0 Å². The van der Waals surface area contributed by atoms with E-state index in [1.54, 1.807) is 0 Å². The van der Waals surface area contributed by atoms with Crippen LogP contribution in [0.25, 0.3) is 0 Å². The second-order valence-electron chi connectivity index (χ2n) is 4.65. The predicted octanol–water partition coefficient (Wildman–Crippen LogP) is 2.67. The van der Waals surface area contributed by atoms with Crippen molar-refractivity contribution >= 4 is 33.2 Å². The van der Waals surface area contributed by atoms with E-state index in [0.717, 1.165) is 0 Å². The summed E-state index contributed by atoms with van der Waals surface area (Å²) < 4.78 is 0.313. The lowest BCUT2D eigenvalue weighted by atomic mass is 10.0. The number of benzene rings is 1. The molecule has 6 nitrogen and oxygen atoms in total. The van der Waals surface area contributed by atoms with Crippen molar-refractivity contribution in [2.24, 2.45) is 11.7 Å². The maximum absolute atomic E-state index is 11.8. The van der Waals surface area contributed by atoms with Crippen molar-refractivity contribution in [1.82, 2.24) is 0 Å². The van der Waals surface area contributed by atoms with Crippen LogP contribution in [0.4, 0.5) is 11.4 Å². The maximum atomic E-state index is 11.8. The van der Waals surface area contributed by atoms with Crippen LogP contribution in [0.15, 0.2) is 22.7 Å². The molecule has 1 rings (SSSR count). The Kier molecular flexibility index (Phi) is 5.44. The average Bonchev–Trinajstić information content (AvgIpc) is 2.27. The van der Waals surface area contributed by atoms with E-state index in [0.29, 0.717) is 22.5 Å². The Labute approximate surface area is 119 Å². The van der Waals surface area contributed by atoms with Gasteiger partial charge in [-0.15, -0.1) is 0 Å². The number of halogens is 1. The molecule has 19 heavy (non-hydrogen) atoms. The molecule has 1 amide bonds. The third-order valence-corrected chi connectivity index (χ3v) is 3.11. The van der Waals surface area contributed by atoms with Crippen LogP contribution in [0.1, 0.15) is 20.3 Å². The van der Waals surface area contributed by atoms with E-state index in [2.05, 4.69) is 21.2 Å². The van der Waals surface area contributed by atoms with E-state index in [1.165, 1.54) is 18.2 Å². The fourth-order valence-electron chi connectivity index (χ4n) is 1.58. The van der Waals surface area contributed by atoms with Crippen LogP contribution in [-0.4, -0.2) is 16.9 Å². The molecule has 1 aromatic rings. The molecular weight excluding hydrogens is 314 g/mol. The quantitative estimate of drug-likeness (QED) is 0.640. The smallest absolute Gasteiger partial charge is 0.283 e. The van der Waals surface area contributed by atoms with Crippen molar-refractivity contribution in [2.75, 3.05) is 5.32 Å². The highest BCUT2D eigenvalue weighted by molar-refractivity contribution is 9.10. The summed E-state index contributed by atoms with van der Waals surface area (Å²) in [6.07, 6.45) is 0.583. The Hall–Kier alpha value is -1.47. The largest absolute Gasteiger partial charge is 0.325 e. The number of amides is 1. The summed E-state index contributed by atoms with van der Waals surface area (Å²) in [4.78, 5) is 21.9. The summed E-state index contributed by atoms with van der Waals surface area (Å²) in [6, 6.07) is 3.70. The van der Waals surface area contributed by atoms with Gasteiger partial charge in [-0.05, 0) is 40.4 Å². The number of anilines is 1. The molecule has 0 saturated carbocycles. The third-order valence-electron chi connectivity index (χ3n) is 2.47. The first-order chi connectivity index (χ1) is 8.81. The first kappa shape index (κ1) is 15.6. The summed E-state index contributed by atoms with van der Waals surface area (Å²) in [7, 11) is 0. The van der Waals surface area contributed by atoms with Gasteiger partial charge in [-0.3, -0.25) is 14.9 Å². The second-order valence-corrected chi connectivity index (χ2v) is 5.50. The van der Waals surface area contributed by atoms with Crippen LogP contribution < -0.4 is 11.1 Å². The number of carbonyl (C=O) groups excluding carboxylic acids is 1. The Bertz CT molecular complexity index is 491. The molecular formula is C12H16BrN3O3. The average molecular weight is 330 g/mol. The van der Waals surface area contributed by atoms with E-state index >= 15 is 0 Å². The van der Waals surface area contributed by atoms with Crippen molar-refractivity contribution in [2.45, 2.75) is 26.3 Å². The number of nitrogens with one attached hydrogen (secondary N) is 1. The number of hydrogen-bond donors (Lipinski definition) is 2. The molecule has 1 atom stereocenters. The van der Waals surface area contributed by atoms with Gasteiger partial charge in [0.2, 0.25) is 5.91 Å². The predicted molar refractivity (Wildman–Crippen MR) is 76.9 cm³/mol. The number of carbonyl (C=O) groups is 1. The lowest BCUT2D eigenvalue weighted by Gasteiger charge is -2.14. The summed E-state index contributed by atoms with van der Waals surface area (Å²) in [5.74, 6) is 0.0267. The number of nitro groups is 1. The number of rotatable bonds is 5. The highest BCUT2D eigenvalue weighted by atomic mass is 79.9. The van der Waals surface area contributed by atoms with Gasteiger partial charge in [0.25, 0.3) is 5.69 Å². The molecule has 0 fully saturated rings. The molecule has 3 N–H and O–H groups in total. The molecule has 7 heteroatoms. The van der Waals surface area contributed by atoms with Crippen molar-refractivity contribution in [3.05, 3.63) is 32.8 Å². The molecule has 0 aromatic heterocycles. The molecule has 0 unspecified atom stereocenters. The van der Waals surface area contributed by atoms with Crippen molar-refractivity contribution in [3.63, 3.8) is 0 Å². The normalized spacial score (nSPS) is 12.3. The summed E-state index contributed by atoms with van der Waals surface area (Å²) in [5, 5.41) is 13.3. The first-order valence-corrected chi connectivity index (χ1v) is 6.61. The zero-order valence-electron chi connectivity index (χ0n) is 10.7. The molecule has 0 radical (unpaired) electrons. The molecule has 0 aliphatic heterocycles. The first-order valence-electron chi connectivity index (χ1n) is 5.81. The molecule has 0 spiro atoms. The van der Waals surface area contributed by atoms with Gasteiger partial charge in [0.15, 0.2) is 0 Å². The third kappa shape index (κ3) is 4.60. The number of nitrogens with two attached hydrogens (primary N) is 1. The van der Waals surface area contributed by atoms with Crippen molar-refractivity contribution < 1.29 is 9.72 Å². The highest BCUT2D eigenvalue weighted by Gasteiger charge is 2.17. The minimum Gasteiger partial charge on any atom is -0.325 e. The van der Waals surface area contributed by atoms with E-state index in [9.17, 15) is 14.9 Å². The molecule has 1 aromatic carbocycles. The monoisotopic (exact) mass is 329 g/mol. The zero-order chi connectivity index (χ0) is 14.6. The number of hydrogen-bond acceptors (Lipinski definition) is 4. The van der Waals surface area contributed by atoms with Gasteiger partial charge >= 0.3 is 0 Å². The van der Waals surface area contributed by atoms with Gasteiger partial charge < -0.3 is 11.1 Å². The fourth-order valence-corrected chi connectivity index (χ4v) is 2.11. The van der Waals surface area contributed by atoms with Crippen molar-refractivity contribution in [3.8, 4) is 0 Å². The minimum absolute atomic E-state index is 0.0514. The minimum atomic E-state index is -0.589. The molecule has 104 valence electrons. The summed E-state index contributed by atoms with van der Waals surface area (Å²) in [5.41, 5.74) is 6.17. The second kappa shape index (κ2) is 6.63. The lowest BCUT2D eigenvalue weighted by Crippen LogP contribution is -2.36. The Morgan fingerprint density at radius 3 is 2.63 bits per heavy atom. The molecule has 0 aliphatic carbocycles. The Morgan fingerprint density at radius 1 is 1.53 bits per heavy atom. The molecule has 0 bridgehead atoms. The summed E-state index contributed by atoms with van der Waals surface area (Å²) >= 11 is 3.09. The van der Waals surface area contributed by atoms with E-state index in [4.69, 9.17) is 5.73 Å². The van der Waals surface area contributed by atoms with Crippen LogP contribution in [0.5, 0.6) is 0 Å². The standard InChI is InChI=1S/C12H16BrN3O3/c1-7(2)5-10(14)12(17)15-8-3-4-11(16(18)19)9(13)6-8/h3-4,6-7,10H,5,14H2,1-2H3,(H,15,17)/t10-/m1/s1. The van der Waals surface area contributed by atoms with Crippen LogP contribution in [0.2, 0.25) is 0 Å². The van der Waals surface area contributed by atoms with E-state index < -0.39 is 11.0 Å². The van der Waals surface area contributed by atoms with Gasteiger partial charge in [0, 0.05) is 11.8 Å². The van der Waals surface area contributed by atoms with Gasteiger partial charge in [-0.1, -0.05) is 13.8 Å². The van der Waals surface area contributed by atoms with E-state index in [1.807, 2.05) is 13.8 Å². The SMILES string of the molecule is CC(C)C[C@@H](N)C(=O)Nc1ccc([N+](=O)[O-])c(Br)c1. The maximum Gasteiger partial charge on any atom is 0.283 e. The van der Waals surface area contributed by atoms with Crippen LogP contribution >= 0.6 is 15.9 Å². The zero-order valence-corrected chi connectivity index (χ0v) is 12.3. The highest BCUT2D eigenvalue weighted by Crippen LogP contribution is 2.27. The number of nitro benzene ring substituents is 1. The molecule has 0 saturated heterocycles. The van der Waals surface area contributed by atoms with Gasteiger partial charge in [0.1, 0.15) is 0 Å². The number of nitrogens with zero attached hydrogens (tertiary/aromatic N) is 1. The fraction of sp³-hybridized carbons (Fsp3) is 0.417. The topological polar surface area (TPSA) is 98.3 Å². The Balaban J connectivity index is 2.75. The summed E-state index contributed by atoms with van der Waals surface area (Å²) in [6.45, 7) is 3.96. The van der Waals surface area contributed by atoms with Crippen molar-refractivity contribution in [1.29, 1.82) is 0 Å². The van der Waals surface area contributed by atoms with E-state index in [-0.39, 0.29) is 11.6 Å². The molecule has 0 heterocycles. The van der Waals surface area contributed by atoms with Gasteiger partial charge in [-0.2, -0.15) is 0 Å². The lowest BCUT2D eigenvalue weighted by molar-refractivity contribution is -0.385. The van der Waals surface area contributed by atoms with Crippen LogP contribution in [0, 0.1) is 16.0 Å².